The molecule has 5 atom stereocenters. The number of aliphatic hydroxyl groups is 1. The van der Waals surface area contributed by atoms with Crippen molar-refractivity contribution in [1.29, 1.82) is 0 Å². The van der Waals surface area contributed by atoms with Gasteiger partial charge in [0.1, 0.15) is 19.3 Å². The van der Waals surface area contributed by atoms with Gasteiger partial charge in [0, 0.05) is 25.7 Å². The summed E-state index contributed by atoms with van der Waals surface area (Å²) in [6.07, 6.45) is 81.4. The lowest BCUT2D eigenvalue weighted by atomic mass is 10.1. The molecule has 0 rings (SSSR count). The minimum absolute atomic E-state index is 0.0281. The van der Waals surface area contributed by atoms with E-state index in [1.807, 2.05) is 18.2 Å². The number of allylic oxidation sites excluding steroid dienone is 24. The lowest BCUT2D eigenvalue weighted by Crippen LogP contribution is -2.30. The van der Waals surface area contributed by atoms with Gasteiger partial charge in [-0.2, -0.15) is 0 Å². The van der Waals surface area contributed by atoms with Gasteiger partial charge in [-0.15, -0.1) is 0 Å². The molecule has 0 amide bonds. The van der Waals surface area contributed by atoms with Crippen molar-refractivity contribution >= 4 is 39.5 Å². The zero-order valence-corrected chi connectivity index (χ0v) is 63.9. The zero-order chi connectivity index (χ0) is 73.2. The second kappa shape index (κ2) is 72.3. The van der Waals surface area contributed by atoms with Crippen LogP contribution in [-0.4, -0.2) is 96.7 Å². The number of phosphoric acid groups is 2. The fourth-order valence-electron chi connectivity index (χ4n) is 9.63. The number of carbonyl (C=O) groups excluding carboxylic acids is 4. The van der Waals surface area contributed by atoms with Crippen LogP contribution in [0.3, 0.4) is 0 Å². The highest BCUT2D eigenvalue weighted by atomic mass is 31.2. The highest BCUT2D eigenvalue weighted by molar-refractivity contribution is 7.47. The first kappa shape index (κ1) is 94.9. The van der Waals surface area contributed by atoms with Crippen LogP contribution in [0.25, 0.3) is 0 Å². The van der Waals surface area contributed by atoms with Gasteiger partial charge in [-0.25, -0.2) is 9.13 Å². The van der Waals surface area contributed by atoms with Crippen LogP contribution in [0, 0.1) is 0 Å². The van der Waals surface area contributed by atoms with E-state index in [4.69, 9.17) is 37.0 Å². The quantitative estimate of drug-likeness (QED) is 0.0169. The van der Waals surface area contributed by atoms with Crippen LogP contribution in [-0.2, 0) is 65.4 Å². The smallest absolute Gasteiger partial charge is 0.462 e. The van der Waals surface area contributed by atoms with E-state index in [2.05, 4.69) is 155 Å². The Morgan fingerprint density at radius 1 is 0.290 bits per heavy atom. The van der Waals surface area contributed by atoms with Gasteiger partial charge in [0.15, 0.2) is 12.2 Å². The number of phosphoric ester groups is 2. The molecule has 0 spiro atoms. The van der Waals surface area contributed by atoms with Gasteiger partial charge < -0.3 is 33.8 Å². The molecule has 0 fully saturated rings. The summed E-state index contributed by atoms with van der Waals surface area (Å²) in [6, 6.07) is 0. The largest absolute Gasteiger partial charge is 0.472 e. The number of hydrogen-bond donors (Lipinski definition) is 3. The Morgan fingerprint density at radius 3 is 0.860 bits per heavy atom. The fraction of sp³-hybridized carbons (Fsp3) is 0.654. The summed E-state index contributed by atoms with van der Waals surface area (Å²) in [5.41, 5.74) is 0. The summed E-state index contributed by atoms with van der Waals surface area (Å²) in [4.78, 5) is 72.8. The number of rotatable bonds is 70. The van der Waals surface area contributed by atoms with E-state index in [-0.39, 0.29) is 25.7 Å². The molecule has 0 aromatic heterocycles. The highest BCUT2D eigenvalue weighted by Gasteiger charge is 2.30. The van der Waals surface area contributed by atoms with E-state index in [0.29, 0.717) is 32.1 Å². The molecule has 0 aliphatic carbocycles. The normalized spacial score (nSPS) is 14.8. The van der Waals surface area contributed by atoms with Crippen LogP contribution in [0.2, 0.25) is 0 Å². The molecule has 17 nitrogen and oxygen atoms in total. The Morgan fingerprint density at radius 2 is 0.540 bits per heavy atom. The summed E-state index contributed by atoms with van der Waals surface area (Å²) in [6.45, 7) is 4.39. The van der Waals surface area contributed by atoms with Crippen molar-refractivity contribution < 1.29 is 80.2 Å². The summed E-state index contributed by atoms with van der Waals surface area (Å²) < 4.78 is 68.3. The molecule has 0 radical (unpaired) electrons. The Balaban J connectivity index is 5.42. The lowest BCUT2D eigenvalue weighted by molar-refractivity contribution is -0.161. The van der Waals surface area contributed by atoms with Crippen LogP contribution in [0.15, 0.2) is 146 Å². The van der Waals surface area contributed by atoms with E-state index in [0.717, 1.165) is 161 Å². The Hall–Kier alpha value is -5.06. The summed E-state index contributed by atoms with van der Waals surface area (Å²) >= 11 is 0. The molecule has 0 aromatic rings. The fourth-order valence-corrected chi connectivity index (χ4v) is 11.2. The van der Waals surface area contributed by atoms with E-state index in [1.165, 1.54) is 38.5 Å². The van der Waals surface area contributed by atoms with Gasteiger partial charge in [0.2, 0.25) is 0 Å². The van der Waals surface area contributed by atoms with Crippen LogP contribution >= 0.6 is 15.6 Å². The molecule has 100 heavy (non-hydrogen) atoms. The van der Waals surface area contributed by atoms with Crippen molar-refractivity contribution in [3.05, 3.63) is 146 Å². The first-order valence-corrected chi connectivity index (χ1v) is 41.1. The SMILES string of the molecule is CC/C=C\C/C=C\C/C=C\C/C=C\C/C=C\C/C=C\CCC(=O)OCC(COP(=O)(O)OCC(O)COP(=O)(O)OCC(COC(=O)CCCCCCC/C=C\C/C=C\C/C=C\CC)OC(=O)CCCCCCCCCCCCC)OC(=O)CCCCCCC/C=C\C/C=C\C/C=C\CC. The van der Waals surface area contributed by atoms with Gasteiger partial charge in [0.25, 0.3) is 0 Å². The molecule has 0 aromatic carbocycles. The minimum atomic E-state index is -5.00. The maximum Gasteiger partial charge on any atom is 0.472 e. The van der Waals surface area contributed by atoms with E-state index in [9.17, 15) is 43.2 Å². The van der Waals surface area contributed by atoms with Crippen LogP contribution in [0.4, 0.5) is 0 Å². The molecule has 5 unspecified atom stereocenters. The van der Waals surface area contributed by atoms with Crippen LogP contribution < -0.4 is 0 Å². The van der Waals surface area contributed by atoms with Gasteiger partial charge in [-0.3, -0.25) is 37.3 Å². The second-order valence-corrected chi connectivity index (χ2v) is 27.7. The lowest BCUT2D eigenvalue weighted by Gasteiger charge is -2.21. The van der Waals surface area contributed by atoms with Crippen LogP contribution in [0.1, 0.15) is 285 Å². The van der Waals surface area contributed by atoms with E-state index >= 15 is 0 Å². The molecule has 570 valence electrons. The maximum atomic E-state index is 13.1. The van der Waals surface area contributed by atoms with Gasteiger partial charge in [0.05, 0.1) is 26.4 Å². The van der Waals surface area contributed by atoms with Crippen molar-refractivity contribution in [2.24, 2.45) is 0 Å². The first-order valence-electron chi connectivity index (χ1n) is 38.1. The molecule has 0 saturated carbocycles. The first-order chi connectivity index (χ1) is 48.7. The van der Waals surface area contributed by atoms with Gasteiger partial charge in [-0.05, 0) is 128 Å². The maximum absolute atomic E-state index is 13.1. The number of unbranched alkanes of at least 4 members (excludes halogenated alkanes) is 20. The zero-order valence-electron chi connectivity index (χ0n) is 62.1. The monoisotopic (exact) mass is 1440 g/mol. The van der Waals surface area contributed by atoms with Crippen molar-refractivity contribution in [2.75, 3.05) is 39.6 Å². The summed E-state index contributed by atoms with van der Waals surface area (Å²) in [7, 11) is -9.98. The van der Waals surface area contributed by atoms with Gasteiger partial charge >= 0.3 is 39.5 Å². The number of hydrogen-bond acceptors (Lipinski definition) is 15. The number of carbonyl (C=O) groups is 4. The average Bonchev–Trinajstić information content (AvgIpc) is 0.985. The molecular weight excluding hydrogens is 1310 g/mol. The molecule has 0 aliphatic rings. The average molecular weight is 1440 g/mol. The predicted octanol–water partition coefficient (Wildman–Crippen LogP) is 21.9. The third kappa shape index (κ3) is 71.3. The van der Waals surface area contributed by atoms with Gasteiger partial charge in [-0.1, -0.05) is 276 Å². The molecule has 0 heterocycles. The second-order valence-electron chi connectivity index (χ2n) is 24.8. The third-order valence-electron chi connectivity index (χ3n) is 15.3. The predicted molar refractivity (Wildman–Crippen MR) is 408 cm³/mol. The van der Waals surface area contributed by atoms with Crippen molar-refractivity contribution in [2.45, 2.75) is 303 Å². The molecule has 0 saturated heterocycles. The van der Waals surface area contributed by atoms with Crippen molar-refractivity contribution in [3.63, 3.8) is 0 Å². The number of esters is 4. The molecule has 0 bridgehead atoms. The summed E-state index contributed by atoms with van der Waals surface area (Å²) in [5.74, 6) is -2.31. The Bertz CT molecular complexity index is 2470. The molecule has 19 heteroatoms. The number of aliphatic hydroxyl groups excluding tert-OH is 1. The third-order valence-corrected chi connectivity index (χ3v) is 17.2. The minimum Gasteiger partial charge on any atom is -0.462 e. The summed E-state index contributed by atoms with van der Waals surface area (Å²) in [5, 5.41) is 10.6. The topological polar surface area (TPSA) is 237 Å². The molecular formula is C81H134O17P2. The Labute approximate surface area is 605 Å². The highest BCUT2D eigenvalue weighted by Crippen LogP contribution is 2.45. The number of ether oxygens (including phenoxy) is 4. The van der Waals surface area contributed by atoms with E-state index < -0.39 is 97.5 Å². The standard InChI is InChI=1S/C81H134O17P2/c1-5-9-13-17-21-25-29-32-35-36-37-38-41-43-47-50-54-58-62-66-79(84)92-72-77(98-81(86)68-64-60-56-52-48-44-40-34-31-27-23-19-15-11-7-3)74-96-100(89,90)94-70-75(82)69-93-99(87,88)95-73-76(97-80(85)67-63-59-55-51-45-28-24-20-16-12-8-4)71-91-78(83)65-61-57-53-49-46-42-39-33-30-26-22-18-14-10-6-2/h9-11,13-15,21-23,25-27,32-35,37-40,43,47,54,58,75-77,82H,5-8,12,16-20,24,28-31,36,41-42,44-46,48-53,55-57,59-74H2,1-4H3,(H,87,88)(H,89,90)/b13-9-,14-10-,15-11-,25-21-,26-22-,27-23-,35-32-,38-37-,39-33-,40-34-,47-43-,58-54-. The van der Waals surface area contributed by atoms with Crippen molar-refractivity contribution in [3.8, 4) is 0 Å². The Kier molecular flexibility index (Phi) is 68.6. The molecule has 0 aliphatic heterocycles. The molecule has 3 N–H and O–H groups in total. The van der Waals surface area contributed by atoms with E-state index in [1.54, 1.807) is 0 Å². The van der Waals surface area contributed by atoms with Crippen molar-refractivity contribution in [1.82, 2.24) is 0 Å². The van der Waals surface area contributed by atoms with Crippen LogP contribution in [0.5, 0.6) is 0 Å².